The second kappa shape index (κ2) is 6.93. The van der Waals surface area contributed by atoms with Crippen molar-refractivity contribution in [3.8, 4) is 5.75 Å². The van der Waals surface area contributed by atoms with E-state index in [1.807, 2.05) is 32.9 Å². The van der Waals surface area contributed by atoms with Gasteiger partial charge in [-0.3, -0.25) is 4.79 Å². The summed E-state index contributed by atoms with van der Waals surface area (Å²) in [5, 5.41) is 3.98. The molecule has 2 rings (SSSR count). The summed E-state index contributed by atoms with van der Waals surface area (Å²) >= 11 is 0. The first-order valence-corrected chi connectivity index (χ1v) is 7.05. The molecule has 116 valence electrons. The molecular formula is C17H20N2O3. The molecule has 0 radical (unpaired) electrons. The number of hydrogen-bond donors (Lipinski definition) is 1. The van der Waals surface area contributed by atoms with Crippen LogP contribution in [0.4, 0.5) is 0 Å². The summed E-state index contributed by atoms with van der Waals surface area (Å²) < 4.78 is 10.8. The van der Waals surface area contributed by atoms with Crippen LogP contribution in [0.25, 0.3) is 0 Å². The van der Waals surface area contributed by atoms with Gasteiger partial charge in [-0.2, -0.15) is 5.10 Å². The van der Waals surface area contributed by atoms with Gasteiger partial charge in [0, 0.05) is 0 Å². The van der Waals surface area contributed by atoms with Crippen LogP contribution in [0.2, 0.25) is 0 Å². The van der Waals surface area contributed by atoms with Crippen LogP contribution in [0.5, 0.6) is 5.75 Å². The van der Waals surface area contributed by atoms with Crippen LogP contribution >= 0.6 is 0 Å². The van der Waals surface area contributed by atoms with Crippen LogP contribution in [-0.2, 0) is 4.79 Å². The molecule has 1 aromatic heterocycles. The van der Waals surface area contributed by atoms with Crippen LogP contribution < -0.4 is 10.2 Å². The lowest BCUT2D eigenvalue weighted by atomic mass is 10.1. The molecule has 0 saturated heterocycles. The third-order valence-electron chi connectivity index (χ3n) is 3.18. The van der Waals surface area contributed by atoms with Crippen molar-refractivity contribution < 1.29 is 13.9 Å². The summed E-state index contributed by atoms with van der Waals surface area (Å²) in [5.74, 6) is 1.05. The summed E-state index contributed by atoms with van der Waals surface area (Å²) in [6.07, 6.45) is 1.56. The van der Waals surface area contributed by atoms with E-state index in [-0.39, 0.29) is 12.5 Å². The number of nitrogens with one attached hydrogen (secondary N) is 1. The van der Waals surface area contributed by atoms with Gasteiger partial charge in [0.25, 0.3) is 5.91 Å². The Morgan fingerprint density at radius 1 is 1.27 bits per heavy atom. The van der Waals surface area contributed by atoms with E-state index in [9.17, 15) is 4.79 Å². The van der Waals surface area contributed by atoms with Crippen molar-refractivity contribution in [2.45, 2.75) is 27.7 Å². The summed E-state index contributed by atoms with van der Waals surface area (Å²) in [6, 6.07) is 7.60. The number of aryl methyl sites for hydroxylation is 3. The Morgan fingerprint density at radius 2 is 1.95 bits per heavy atom. The molecule has 1 amide bonds. The van der Waals surface area contributed by atoms with Crippen molar-refractivity contribution in [2.75, 3.05) is 6.61 Å². The lowest BCUT2D eigenvalue weighted by Gasteiger charge is -2.12. The Labute approximate surface area is 130 Å². The first-order valence-electron chi connectivity index (χ1n) is 7.05. The highest BCUT2D eigenvalue weighted by atomic mass is 16.5. The highest BCUT2D eigenvalue weighted by Gasteiger charge is 2.08. The molecular weight excluding hydrogens is 280 g/mol. The summed E-state index contributed by atoms with van der Waals surface area (Å²) in [5.41, 5.74) is 6.25. The zero-order valence-corrected chi connectivity index (χ0v) is 13.3. The van der Waals surface area contributed by atoms with Crippen LogP contribution in [0.3, 0.4) is 0 Å². The second-order valence-corrected chi connectivity index (χ2v) is 5.23. The fourth-order valence-corrected chi connectivity index (χ4v) is 2.25. The molecule has 1 aromatic carbocycles. The third-order valence-corrected chi connectivity index (χ3v) is 3.18. The average molecular weight is 300 g/mol. The van der Waals surface area contributed by atoms with Gasteiger partial charge in [-0.25, -0.2) is 5.43 Å². The van der Waals surface area contributed by atoms with Gasteiger partial charge in [-0.1, -0.05) is 17.7 Å². The molecule has 0 bridgehead atoms. The van der Waals surface area contributed by atoms with E-state index in [2.05, 4.69) is 10.5 Å². The fraction of sp³-hybridized carbons (Fsp3) is 0.294. The zero-order valence-electron chi connectivity index (χ0n) is 13.3. The van der Waals surface area contributed by atoms with Crippen molar-refractivity contribution in [3.05, 3.63) is 53.0 Å². The quantitative estimate of drug-likeness (QED) is 0.681. The van der Waals surface area contributed by atoms with Gasteiger partial charge < -0.3 is 9.15 Å². The van der Waals surface area contributed by atoms with E-state index in [4.69, 9.17) is 9.15 Å². The van der Waals surface area contributed by atoms with Gasteiger partial charge in [-0.15, -0.1) is 0 Å². The number of benzene rings is 1. The predicted octanol–water partition coefficient (Wildman–Crippen LogP) is 3.12. The van der Waals surface area contributed by atoms with Gasteiger partial charge in [-0.05, 0) is 51.0 Å². The van der Waals surface area contributed by atoms with Crippen molar-refractivity contribution >= 4 is 11.6 Å². The number of carbonyl (C=O) groups is 1. The Kier molecular flexibility index (Phi) is 4.99. The molecule has 0 unspecified atom stereocenters. The van der Waals surface area contributed by atoms with Crippen LogP contribution in [0, 0.1) is 20.8 Å². The molecule has 0 fully saturated rings. The zero-order chi connectivity index (χ0) is 16.1. The first kappa shape index (κ1) is 15.8. The van der Waals surface area contributed by atoms with E-state index in [1.54, 1.807) is 25.3 Å². The number of hydrazone groups is 1. The largest absolute Gasteiger partial charge is 0.483 e. The molecule has 0 saturated carbocycles. The van der Waals surface area contributed by atoms with Crippen molar-refractivity contribution in [3.63, 3.8) is 0 Å². The molecule has 0 aliphatic carbocycles. The lowest BCUT2D eigenvalue weighted by Crippen LogP contribution is -2.26. The van der Waals surface area contributed by atoms with E-state index in [0.717, 1.165) is 16.9 Å². The molecule has 0 atom stereocenters. The fourth-order valence-electron chi connectivity index (χ4n) is 2.25. The minimum Gasteiger partial charge on any atom is -0.483 e. The summed E-state index contributed by atoms with van der Waals surface area (Å²) in [6.45, 7) is 7.63. The van der Waals surface area contributed by atoms with Crippen LogP contribution in [0.15, 0.2) is 40.0 Å². The lowest BCUT2D eigenvalue weighted by molar-refractivity contribution is -0.123. The van der Waals surface area contributed by atoms with Crippen molar-refractivity contribution in [2.24, 2.45) is 5.10 Å². The Hall–Kier alpha value is -2.56. The Morgan fingerprint density at radius 3 is 2.55 bits per heavy atom. The molecule has 0 spiro atoms. The van der Waals surface area contributed by atoms with E-state index >= 15 is 0 Å². The second-order valence-electron chi connectivity index (χ2n) is 5.23. The monoisotopic (exact) mass is 300 g/mol. The minimum atomic E-state index is -0.315. The molecule has 2 aromatic rings. The molecule has 5 heteroatoms. The number of nitrogens with zero attached hydrogens (tertiary/aromatic N) is 1. The Bertz CT molecular complexity index is 665. The molecule has 0 aliphatic rings. The van der Waals surface area contributed by atoms with E-state index in [0.29, 0.717) is 11.5 Å². The standard InChI is InChI=1S/C17H20N2O3/c1-11-8-12(2)17(13(3)9-11)22-10-16(20)19-18-14(4)15-6-5-7-21-15/h5-9H,10H2,1-4H3,(H,19,20)/b18-14-. The maximum atomic E-state index is 11.8. The SMILES string of the molecule is C/C(=N/NC(=O)COc1c(C)cc(C)cc1C)c1ccco1. The topological polar surface area (TPSA) is 63.8 Å². The van der Waals surface area contributed by atoms with Crippen LogP contribution in [0.1, 0.15) is 29.4 Å². The molecule has 0 aliphatic heterocycles. The highest BCUT2D eigenvalue weighted by molar-refractivity contribution is 5.96. The van der Waals surface area contributed by atoms with Gasteiger partial charge in [0.15, 0.2) is 6.61 Å². The smallest absolute Gasteiger partial charge is 0.277 e. The first-order chi connectivity index (χ1) is 10.5. The Balaban J connectivity index is 1.92. The number of ether oxygens (including phenoxy) is 1. The van der Waals surface area contributed by atoms with Gasteiger partial charge in [0.1, 0.15) is 17.2 Å². The number of carbonyl (C=O) groups excluding carboxylic acids is 1. The van der Waals surface area contributed by atoms with Crippen molar-refractivity contribution in [1.29, 1.82) is 0 Å². The van der Waals surface area contributed by atoms with Crippen molar-refractivity contribution in [1.82, 2.24) is 5.43 Å². The molecule has 5 nitrogen and oxygen atoms in total. The average Bonchev–Trinajstić information content (AvgIpc) is 2.97. The van der Waals surface area contributed by atoms with Crippen LogP contribution in [-0.4, -0.2) is 18.2 Å². The maximum absolute atomic E-state index is 11.8. The predicted molar refractivity (Wildman–Crippen MR) is 85.2 cm³/mol. The molecule has 22 heavy (non-hydrogen) atoms. The highest BCUT2D eigenvalue weighted by Crippen LogP contribution is 2.24. The van der Waals surface area contributed by atoms with Gasteiger partial charge in [0.05, 0.1) is 6.26 Å². The number of amides is 1. The number of hydrogen-bond acceptors (Lipinski definition) is 4. The van der Waals surface area contributed by atoms with E-state index in [1.165, 1.54) is 5.56 Å². The molecule has 1 N–H and O–H groups in total. The number of furan rings is 1. The van der Waals surface area contributed by atoms with Gasteiger partial charge in [0.2, 0.25) is 0 Å². The molecule has 1 heterocycles. The maximum Gasteiger partial charge on any atom is 0.277 e. The number of rotatable bonds is 5. The van der Waals surface area contributed by atoms with Gasteiger partial charge >= 0.3 is 0 Å². The third kappa shape index (κ3) is 3.97. The normalized spacial score (nSPS) is 11.4. The van der Waals surface area contributed by atoms with E-state index < -0.39 is 0 Å². The summed E-state index contributed by atoms with van der Waals surface area (Å²) in [4.78, 5) is 11.8. The summed E-state index contributed by atoms with van der Waals surface area (Å²) in [7, 11) is 0. The minimum absolute atomic E-state index is 0.0837.